The number of nitrogens with one attached hydrogen (secondary N) is 2. The lowest BCUT2D eigenvalue weighted by Crippen LogP contribution is -2.46. The maximum absolute atomic E-state index is 12.0. The van der Waals surface area contributed by atoms with E-state index in [0.717, 1.165) is 42.1 Å². The Bertz CT molecular complexity index is 448. The number of carbonyl (C=O) groups is 1. The molecule has 0 spiro atoms. The van der Waals surface area contributed by atoms with Gasteiger partial charge < -0.3 is 15.4 Å². The van der Waals surface area contributed by atoms with Crippen molar-refractivity contribution in [1.29, 1.82) is 0 Å². The van der Waals surface area contributed by atoms with E-state index in [9.17, 15) is 4.79 Å². The number of hydrogen-bond donors (Lipinski definition) is 2. The fraction of sp³-hybridized carbons (Fsp3) is 0.462. The lowest BCUT2D eigenvalue weighted by molar-refractivity contribution is -0.117. The van der Waals surface area contributed by atoms with Crippen LogP contribution in [-0.2, 0) is 4.79 Å². The average Bonchev–Trinajstić information content (AvgIpc) is 2.42. The van der Waals surface area contributed by atoms with E-state index < -0.39 is 0 Å². The molecule has 104 valence electrons. The zero-order chi connectivity index (χ0) is 13.7. The summed E-state index contributed by atoms with van der Waals surface area (Å²) in [5.41, 5.74) is 0.736. The first-order valence-electron chi connectivity index (χ1n) is 6.25. The van der Waals surface area contributed by atoms with Crippen LogP contribution in [0.25, 0.3) is 0 Å². The number of rotatable bonds is 4. The smallest absolute Gasteiger partial charge is 0.238 e. The Labute approximate surface area is 121 Å². The molecule has 1 aromatic rings. The molecule has 0 atom stereocenters. The van der Waals surface area contributed by atoms with Crippen LogP contribution in [0, 0.1) is 0 Å². The number of carbonyl (C=O) groups excluding carboxylic acids is 1. The van der Waals surface area contributed by atoms with E-state index in [2.05, 4.69) is 31.5 Å². The first-order valence-corrected chi connectivity index (χ1v) is 7.05. The number of benzene rings is 1. The molecule has 0 unspecified atom stereocenters. The van der Waals surface area contributed by atoms with Crippen LogP contribution in [0.3, 0.4) is 0 Å². The van der Waals surface area contributed by atoms with Gasteiger partial charge in [-0.3, -0.25) is 9.69 Å². The topological polar surface area (TPSA) is 53.6 Å². The van der Waals surface area contributed by atoms with Gasteiger partial charge in [0.25, 0.3) is 0 Å². The summed E-state index contributed by atoms with van der Waals surface area (Å²) in [5, 5.41) is 6.17. The summed E-state index contributed by atoms with van der Waals surface area (Å²) >= 11 is 3.42. The van der Waals surface area contributed by atoms with E-state index >= 15 is 0 Å². The fourth-order valence-corrected chi connectivity index (χ4v) is 2.33. The van der Waals surface area contributed by atoms with Crippen LogP contribution in [-0.4, -0.2) is 50.6 Å². The van der Waals surface area contributed by atoms with Gasteiger partial charge in [-0.2, -0.15) is 0 Å². The van der Waals surface area contributed by atoms with Gasteiger partial charge >= 0.3 is 0 Å². The lowest BCUT2D eigenvalue weighted by Gasteiger charge is -2.26. The summed E-state index contributed by atoms with van der Waals surface area (Å²) in [4.78, 5) is 14.1. The molecular weight excluding hydrogens is 310 g/mol. The molecule has 0 aliphatic carbocycles. The Kier molecular flexibility index (Phi) is 5.18. The van der Waals surface area contributed by atoms with Crippen LogP contribution in [0.5, 0.6) is 5.75 Å². The normalized spacial score (nSPS) is 16.1. The van der Waals surface area contributed by atoms with Crippen LogP contribution < -0.4 is 15.4 Å². The molecule has 2 N–H and O–H groups in total. The molecule has 1 saturated heterocycles. The maximum atomic E-state index is 12.0. The third-order valence-electron chi connectivity index (χ3n) is 3.02. The first-order chi connectivity index (χ1) is 9.19. The lowest BCUT2D eigenvalue weighted by atomic mass is 10.3. The molecule has 6 heteroatoms. The minimum Gasteiger partial charge on any atom is -0.497 e. The number of ether oxygens (including phenoxy) is 1. The Morgan fingerprint density at radius 2 is 2.21 bits per heavy atom. The van der Waals surface area contributed by atoms with Gasteiger partial charge in [0.1, 0.15) is 5.75 Å². The highest BCUT2D eigenvalue weighted by molar-refractivity contribution is 9.10. The molecule has 19 heavy (non-hydrogen) atoms. The van der Waals surface area contributed by atoms with Crippen LogP contribution in [0.15, 0.2) is 22.7 Å². The third kappa shape index (κ3) is 4.19. The fourth-order valence-electron chi connectivity index (χ4n) is 1.99. The summed E-state index contributed by atoms with van der Waals surface area (Å²) in [7, 11) is 1.61. The van der Waals surface area contributed by atoms with Crippen molar-refractivity contribution in [1.82, 2.24) is 10.2 Å². The van der Waals surface area contributed by atoms with Gasteiger partial charge in [0, 0.05) is 36.7 Å². The Hall–Kier alpha value is -1.11. The zero-order valence-corrected chi connectivity index (χ0v) is 12.5. The molecule has 0 saturated carbocycles. The highest BCUT2D eigenvalue weighted by Gasteiger charge is 2.14. The molecule has 2 rings (SSSR count). The largest absolute Gasteiger partial charge is 0.497 e. The maximum Gasteiger partial charge on any atom is 0.238 e. The summed E-state index contributed by atoms with van der Waals surface area (Å²) in [5.74, 6) is 0.719. The van der Waals surface area contributed by atoms with Crippen molar-refractivity contribution >= 4 is 27.5 Å². The summed E-state index contributed by atoms with van der Waals surface area (Å²) in [6.07, 6.45) is 0. The number of anilines is 1. The SMILES string of the molecule is COc1ccc(Br)c(NC(=O)CN2CCNCC2)c1. The zero-order valence-electron chi connectivity index (χ0n) is 10.9. The van der Waals surface area contributed by atoms with Crippen molar-refractivity contribution < 1.29 is 9.53 Å². The summed E-state index contributed by atoms with van der Waals surface area (Å²) in [6, 6.07) is 5.51. The minimum atomic E-state index is -0.00384. The van der Waals surface area contributed by atoms with Gasteiger partial charge in [-0.1, -0.05) is 0 Å². The predicted molar refractivity (Wildman–Crippen MR) is 78.6 cm³/mol. The van der Waals surface area contributed by atoms with Gasteiger partial charge in [-0.25, -0.2) is 0 Å². The number of hydrogen-bond acceptors (Lipinski definition) is 4. The van der Waals surface area contributed by atoms with E-state index in [1.807, 2.05) is 12.1 Å². The molecule has 1 amide bonds. The molecule has 1 fully saturated rings. The number of amides is 1. The molecule has 0 bridgehead atoms. The second kappa shape index (κ2) is 6.88. The second-order valence-electron chi connectivity index (χ2n) is 4.42. The van der Waals surface area contributed by atoms with Crippen molar-refractivity contribution in [2.75, 3.05) is 45.2 Å². The molecule has 5 nitrogen and oxygen atoms in total. The van der Waals surface area contributed by atoms with Crippen molar-refractivity contribution in [2.24, 2.45) is 0 Å². The summed E-state index contributed by atoms with van der Waals surface area (Å²) < 4.78 is 6.00. The van der Waals surface area contributed by atoms with Gasteiger partial charge in [-0.05, 0) is 28.1 Å². The third-order valence-corrected chi connectivity index (χ3v) is 3.72. The molecule has 0 radical (unpaired) electrons. The van der Waals surface area contributed by atoms with E-state index in [1.54, 1.807) is 13.2 Å². The van der Waals surface area contributed by atoms with Crippen molar-refractivity contribution in [3.05, 3.63) is 22.7 Å². The molecule has 0 aromatic heterocycles. The van der Waals surface area contributed by atoms with Gasteiger partial charge in [0.2, 0.25) is 5.91 Å². The van der Waals surface area contributed by atoms with Crippen LogP contribution in [0.2, 0.25) is 0 Å². The van der Waals surface area contributed by atoms with Gasteiger partial charge in [0.15, 0.2) is 0 Å². The van der Waals surface area contributed by atoms with Crippen molar-refractivity contribution in [3.63, 3.8) is 0 Å². The van der Waals surface area contributed by atoms with Crippen LogP contribution in [0.1, 0.15) is 0 Å². The minimum absolute atomic E-state index is 0.00384. The van der Waals surface area contributed by atoms with Crippen molar-refractivity contribution in [3.8, 4) is 5.75 Å². The van der Waals surface area contributed by atoms with Gasteiger partial charge in [0.05, 0.1) is 19.3 Å². The molecular formula is C13H18BrN3O2. The Balaban J connectivity index is 1.94. The standard InChI is InChI=1S/C13H18BrN3O2/c1-19-10-2-3-11(14)12(8-10)16-13(18)9-17-6-4-15-5-7-17/h2-3,8,15H,4-7,9H2,1H3,(H,16,18). The van der Waals surface area contributed by atoms with E-state index in [4.69, 9.17) is 4.74 Å². The Morgan fingerprint density at radius 3 is 2.89 bits per heavy atom. The quantitative estimate of drug-likeness (QED) is 0.875. The van der Waals surface area contributed by atoms with Gasteiger partial charge in [-0.15, -0.1) is 0 Å². The van der Waals surface area contributed by atoms with Crippen LogP contribution in [0.4, 0.5) is 5.69 Å². The number of nitrogens with zero attached hydrogens (tertiary/aromatic N) is 1. The predicted octanol–water partition coefficient (Wildman–Crippen LogP) is 1.30. The average molecular weight is 328 g/mol. The first kappa shape index (κ1) is 14.3. The Morgan fingerprint density at radius 1 is 1.47 bits per heavy atom. The van der Waals surface area contributed by atoms with E-state index in [1.165, 1.54) is 0 Å². The highest BCUT2D eigenvalue weighted by atomic mass is 79.9. The molecule has 1 aliphatic heterocycles. The molecule has 1 heterocycles. The van der Waals surface area contributed by atoms with Crippen molar-refractivity contribution in [2.45, 2.75) is 0 Å². The highest BCUT2D eigenvalue weighted by Crippen LogP contribution is 2.27. The molecule has 1 aromatic carbocycles. The number of methoxy groups -OCH3 is 1. The molecule has 1 aliphatic rings. The number of halogens is 1. The van der Waals surface area contributed by atoms with Crippen LogP contribution >= 0.6 is 15.9 Å². The number of piperazine rings is 1. The summed E-state index contributed by atoms with van der Waals surface area (Å²) in [6.45, 7) is 4.12. The monoisotopic (exact) mass is 327 g/mol. The van der Waals surface area contributed by atoms with E-state index in [-0.39, 0.29) is 5.91 Å². The second-order valence-corrected chi connectivity index (χ2v) is 5.27. The van der Waals surface area contributed by atoms with E-state index in [0.29, 0.717) is 6.54 Å².